The topological polar surface area (TPSA) is 260 Å². The molecule has 308 valence electrons. The molecule has 56 heavy (non-hydrogen) atoms. The van der Waals surface area contributed by atoms with Gasteiger partial charge >= 0.3 is 23.9 Å². The minimum absolute atomic E-state index is 0.214. The number of hydrogen-bond donors (Lipinski definition) is 4. The molecule has 0 saturated carbocycles. The van der Waals surface area contributed by atoms with Crippen LogP contribution in [0.4, 0.5) is 0 Å². The highest BCUT2D eigenvalue weighted by molar-refractivity contribution is 5.93. The quantitative estimate of drug-likeness (QED) is 0.0894. The molecule has 8 rings (SSSR count). The molecular formula is C38H50N2O16. The molecule has 2 aliphatic carbocycles. The van der Waals surface area contributed by atoms with Crippen LogP contribution >= 0.6 is 0 Å². The second-order valence-corrected chi connectivity index (χ2v) is 16.8. The summed E-state index contributed by atoms with van der Waals surface area (Å²) in [4.78, 5) is 69.7. The predicted molar refractivity (Wildman–Crippen MR) is 181 cm³/mol. The van der Waals surface area contributed by atoms with Gasteiger partial charge < -0.3 is 68.2 Å². The second kappa shape index (κ2) is 14.9. The highest BCUT2D eigenvalue weighted by Crippen LogP contribution is 2.51. The monoisotopic (exact) mass is 790 g/mol. The lowest BCUT2D eigenvalue weighted by atomic mass is 9.80. The number of esters is 4. The van der Waals surface area contributed by atoms with Crippen LogP contribution in [0.2, 0.25) is 0 Å². The summed E-state index contributed by atoms with van der Waals surface area (Å²) >= 11 is 0. The first-order chi connectivity index (χ1) is 26.1. The normalized spacial score (nSPS) is 44.1. The number of nitrogens with one attached hydrogen (secondary N) is 2. The van der Waals surface area contributed by atoms with E-state index in [1.165, 1.54) is 0 Å². The molecule has 6 heterocycles. The zero-order valence-electron chi connectivity index (χ0n) is 32.4. The van der Waals surface area contributed by atoms with Crippen LogP contribution in [0.25, 0.3) is 0 Å². The van der Waals surface area contributed by atoms with Gasteiger partial charge in [0.1, 0.15) is 60.9 Å². The van der Waals surface area contributed by atoms with Crippen LogP contribution in [0.15, 0.2) is 35.5 Å². The Morgan fingerprint density at radius 2 is 1.02 bits per heavy atom. The van der Waals surface area contributed by atoms with Gasteiger partial charge in [-0.15, -0.1) is 0 Å². The molecule has 4 bridgehead atoms. The van der Waals surface area contributed by atoms with Gasteiger partial charge in [-0.2, -0.15) is 0 Å². The number of quaternary nitrogens is 2. The van der Waals surface area contributed by atoms with Crippen molar-refractivity contribution in [1.82, 2.24) is 0 Å². The number of rotatable bonds is 4. The molecule has 0 radical (unpaired) electrons. The lowest BCUT2D eigenvalue weighted by molar-refractivity contribution is -0.883. The van der Waals surface area contributed by atoms with E-state index in [4.69, 9.17) is 28.4 Å². The Hall–Kier alpha value is -4.20. The van der Waals surface area contributed by atoms with Crippen LogP contribution in [0, 0.1) is 23.7 Å². The average Bonchev–Trinajstić information content (AvgIpc) is 3.71. The van der Waals surface area contributed by atoms with E-state index in [1.807, 2.05) is 55.9 Å². The van der Waals surface area contributed by atoms with Crippen molar-refractivity contribution in [2.45, 2.75) is 113 Å². The van der Waals surface area contributed by atoms with Gasteiger partial charge in [0.15, 0.2) is 0 Å². The maximum Gasteiger partial charge on any atom is 0.340 e. The first kappa shape index (κ1) is 41.4. The van der Waals surface area contributed by atoms with Crippen molar-refractivity contribution >= 4 is 35.8 Å². The number of carbonyl (C=O) groups is 6. The summed E-state index contributed by atoms with van der Waals surface area (Å²) in [6, 6.07) is -0.835. The van der Waals surface area contributed by atoms with Crippen molar-refractivity contribution in [3.63, 3.8) is 0 Å². The molecule has 4 saturated heterocycles. The van der Waals surface area contributed by atoms with E-state index < -0.39 is 71.6 Å². The van der Waals surface area contributed by atoms with Crippen LogP contribution in [0.3, 0.4) is 0 Å². The number of hydrogen-bond acceptors (Lipinski definition) is 16. The molecule has 4 N–H and O–H groups in total. The maximum atomic E-state index is 12.4. The third-order valence-electron chi connectivity index (χ3n) is 12.4. The van der Waals surface area contributed by atoms with Crippen molar-refractivity contribution in [1.29, 1.82) is 0 Å². The minimum Gasteiger partial charge on any atom is -0.545 e. The molecule has 18 heteroatoms. The summed E-state index contributed by atoms with van der Waals surface area (Å²) in [6.07, 6.45) is 1.23. The van der Waals surface area contributed by atoms with Gasteiger partial charge in [0, 0.05) is 24.7 Å². The molecule has 0 aromatic rings. The van der Waals surface area contributed by atoms with Crippen molar-refractivity contribution in [3.8, 4) is 0 Å². The summed E-state index contributed by atoms with van der Waals surface area (Å²) in [5.74, 6) is -5.56. The van der Waals surface area contributed by atoms with Crippen molar-refractivity contribution < 1.29 is 87.4 Å². The largest absolute Gasteiger partial charge is 0.545 e. The molecular weight excluding hydrogens is 740 g/mol. The van der Waals surface area contributed by atoms with Gasteiger partial charge in [0.25, 0.3) is 0 Å². The Bertz CT molecular complexity index is 1630. The molecule has 16 unspecified atom stereocenters. The van der Waals surface area contributed by atoms with E-state index in [-0.39, 0.29) is 60.0 Å². The molecule has 16 atom stereocenters. The second-order valence-electron chi connectivity index (χ2n) is 16.8. The molecule has 0 amide bonds. The Labute approximate surface area is 322 Å². The van der Waals surface area contributed by atoms with Crippen molar-refractivity contribution in [2.75, 3.05) is 28.2 Å². The third-order valence-corrected chi connectivity index (χ3v) is 12.4. The first-order valence-electron chi connectivity index (χ1n) is 18.8. The Morgan fingerprint density at radius 3 is 1.32 bits per heavy atom. The van der Waals surface area contributed by atoms with Crippen LogP contribution in [0.1, 0.15) is 40.5 Å². The number of carbonyl (C=O) groups excluding carboxylic acids is 6. The molecule has 0 aromatic carbocycles. The van der Waals surface area contributed by atoms with E-state index in [0.29, 0.717) is 36.1 Å². The predicted octanol–water partition coefficient (Wildman–Crippen LogP) is -6.06. The molecule has 0 spiro atoms. The fourth-order valence-corrected chi connectivity index (χ4v) is 9.42. The zero-order valence-corrected chi connectivity index (χ0v) is 32.4. The van der Waals surface area contributed by atoms with E-state index in [0.717, 1.165) is 9.80 Å². The Balaban J connectivity index is 0.000000160. The summed E-state index contributed by atoms with van der Waals surface area (Å²) in [5.41, 5.74) is -0.142. The van der Waals surface area contributed by atoms with E-state index in [9.17, 15) is 49.2 Å². The zero-order chi connectivity index (χ0) is 41.3. The van der Waals surface area contributed by atoms with E-state index >= 15 is 0 Å². The Morgan fingerprint density at radius 1 is 0.679 bits per heavy atom. The van der Waals surface area contributed by atoms with Gasteiger partial charge in [0.2, 0.25) is 0 Å². The van der Waals surface area contributed by atoms with Crippen molar-refractivity contribution in [2.24, 2.45) is 23.7 Å². The number of aliphatic hydroxyl groups is 2. The molecule has 0 aromatic heterocycles. The summed E-state index contributed by atoms with van der Waals surface area (Å²) < 4.78 is 33.9. The number of likely N-dealkylation sites (N-methyl/N-ethyl adjacent to an activating group) is 2. The number of fused-ring (bicyclic) bond motifs is 8. The SMILES string of the molecule is CC1C(=O)OC2CC3(C)OC3C(O)C([NH+](C)C)C3=CC(OC3=O)C21.CC1C(=O)OC2CC3(C)OC3C(O)C([NH+](C)C)C3=CC(OC3=O)C21.O=C([O-])/C=C/C(=O)[O-]. The van der Waals surface area contributed by atoms with E-state index in [2.05, 4.69) is 0 Å². The van der Waals surface area contributed by atoms with Crippen LogP contribution in [-0.4, -0.2) is 146 Å². The summed E-state index contributed by atoms with van der Waals surface area (Å²) in [6.45, 7) is 7.49. The summed E-state index contributed by atoms with van der Waals surface area (Å²) in [7, 11) is 7.59. The van der Waals surface area contributed by atoms with Gasteiger partial charge in [-0.25, -0.2) is 9.59 Å². The first-order valence-corrected chi connectivity index (χ1v) is 18.8. The van der Waals surface area contributed by atoms with Gasteiger partial charge in [-0.3, -0.25) is 9.59 Å². The number of epoxide rings is 2. The molecule has 4 fully saturated rings. The van der Waals surface area contributed by atoms with Crippen LogP contribution in [0.5, 0.6) is 0 Å². The van der Waals surface area contributed by atoms with E-state index in [1.54, 1.807) is 12.2 Å². The number of carboxylic acid groups (broad SMARTS) is 2. The molecule has 8 aliphatic rings. The minimum atomic E-state index is -1.55. The van der Waals surface area contributed by atoms with Gasteiger partial charge in [-0.1, -0.05) is 13.8 Å². The standard InChI is InChI=1S/2C17H23NO6.C4H4O4/c2*1-7-11-9-5-8(16(21)22-9)12(18(3)4)13(19)14-17(2,24-14)6-10(11)23-15(7)20;5-3(6)1-2-4(7)8/h2*5,7,9-14,19H,6H2,1-4H3;1-2H,(H,5,6)(H,7,8)/b;;2-1+. The fraction of sp³-hybridized carbons (Fsp3) is 0.684. The highest BCUT2D eigenvalue weighted by atomic mass is 16.6. The molecule has 18 nitrogen and oxygen atoms in total. The lowest BCUT2D eigenvalue weighted by Gasteiger charge is -2.27. The summed E-state index contributed by atoms with van der Waals surface area (Å²) in [5, 5.41) is 40.5. The smallest absolute Gasteiger partial charge is 0.340 e. The molecule has 6 aliphatic heterocycles. The third kappa shape index (κ3) is 7.61. The number of carboxylic acids is 2. The maximum absolute atomic E-state index is 12.4. The fourth-order valence-electron chi connectivity index (χ4n) is 9.42. The lowest BCUT2D eigenvalue weighted by Crippen LogP contribution is -3.12. The van der Waals surface area contributed by atoms with Crippen LogP contribution in [-0.2, 0) is 57.2 Å². The van der Waals surface area contributed by atoms with Gasteiger partial charge in [0.05, 0.1) is 74.3 Å². The number of ether oxygens (including phenoxy) is 6. The highest BCUT2D eigenvalue weighted by Gasteiger charge is 2.66. The number of aliphatic hydroxyl groups excluding tert-OH is 2. The van der Waals surface area contributed by atoms with Crippen molar-refractivity contribution in [3.05, 3.63) is 35.5 Å². The van der Waals surface area contributed by atoms with Crippen LogP contribution < -0.4 is 20.0 Å². The van der Waals surface area contributed by atoms with Gasteiger partial charge in [-0.05, 0) is 38.2 Å². The average molecular weight is 791 g/mol. The Kier molecular flexibility index (Phi) is 11.1. The number of aliphatic carboxylic acids is 2.